The van der Waals surface area contributed by atoms with Crippen molar-refractivity contribution in [2.75, 3.05) is 56.9 Å². The Kier molecular flexibility index (Phi) is 7.65. The zero-order valence-corrected chi connectivity index (χ0v) is 21.1. The van der Waals surface area contributed by atoms with Crippen LogP contribution in [-0.2, 0) is 4.79 Å². The van der Waals surface area contributed by atoms with E-state index in [0.29, 0.717) is 24.0 Å². The second kappa shape index (κ2) is 11.2. The van der Waals surface area contributed by atoms with Crippen LogP contribution in [0.25, 0.3) is 0 Å². The molecule has 5 rings (SSSR count). The molecule has 0 bridgehead atoms. The maximum absolute atomic E-state index is 12.8. The van der Waals surface area contributed by atoms with E-state index in [2.05, 4.69) is 32.9 Å². The average Bonchev–Trinajstić information content (AvgIpc) is 3.69. The summed E-state index contributed by atoms with van der Waals surface area (Å²) in [5, 5.41) is 9.78. The zero-order valence-electron chi connectivity index (χ0n) is 21.1. The average molecular weight is 492 g/mol. The van der Waals surface area contributed by atoms with Gasteiger partial charge >= 0.3 is 0 Å². The SMILES string of the molecule is CN1CCN(C(=O)c2ccc(Nc3ncc(C4CC4)c(NCCCNC(=O)C4CCC4)n3)cc2)CC1. The van der Waals surface area contributed by atoms with Gasteiger partial charge in [-0.25, -0.2) is 4.98 Å². The van der Waals surface area contributed by atoms with Crippen molar-refractivity contribution in [1.82, 2.24) is 25.1 Å². The second-order valence-electron chi connectivity index (χ2n) is 10.3. The Morgan fingerprint density at radius 2 is 1.75 bits per heavy atom. The van der Waals surface area contributed by atoms with Gasteiger partial charge in [0.05, 0.1) is 0 Å². The normalized spacial score (nSPS) is 18.4. The first-order valence-electron chi connectivity index (χ1n) is 13.3. The van der Waals surface area contributed by atoms with Gasteiger partial charge in [-0.1, -0.05) is 6.42 Å². The predicted molar refractivity (Wildman–Crippen MR) is 141 cm³/mol. The smallest absolute Gasteiger partial charge is 0.253 e. The van der Waals surface area contributed by atoms with Crippen molar-refractivity contribution in [2.24, 2.45) is 5.92 Å². The lowest BCUT2D eigenvalue weighted by Crippen LogP contribution is -2.47. The number of hydrogen-bond donors (Lipinski definition) is 3. The van der Waals surface area contributed by atoms with E-state index in [1.54, 1.807) is 0 Å². The Balaban J connectivity index is 1.15. The lowest BCUT2D eigenvalue weighted by molar-refractivity contribution is -0.127. The first-order chi connectivity index (χ1) is 17.6. The molecule has 2 amide bonds. The summed E-state index contributed by atoms with van der Waals surface area (Å²) in [7, 11) is 2.08. The van der Waals surface area contributed by atoms with Gasteiger partial charge in [-0.3, -0.25) is 9.59 Å². The molecule has 9 heteroatoms. The van der Waals surface area contributed by atoms with Crippen molar-refractivity contribution in [3.05, 3.63) is 41.6 Å². The molecule has 1 aliphatic heterocycles. The fourth-order valence-corrected chi connectivity index (χ4v) is 4.62. The minimum atomic E-state index is 0.0787. The topological polar surface area (TPSA) is 102 Å². The fraction of sp³-hybridized carbons (Fsp3) is 0.556. The van der Waals surface area contributed by atoms with Crippen LogP contribution in [0.5, 0.6) is 0 Å². The summed E-state index contributed by atoms with van der Waals surface area (Å²) in [5.41, 5.74) is 2.70. The molecule has 192 valence electrons. The molecular weight excluding hydrogens is 454 g/mol. The van der Waals surface area contributed by atoms with Gasteiger partial charge in [0.1, 0.15) is 5.82 Å². The van der Waals surface area contributed by atoms with Crippen LogP contribution in [0.1, 0.15) is 60.4 Å². The molecule has 1 aromatic heterocycles. The molecule has 2 aliphatic carbocycles. The Bertz CT molecular complexity index is 1060. The summed E-state index contributed by atoms with van der Waals surface area (Å²) in [4.78, 5) is 38.2. The Morgan fingerprint density at radius 3 is 2.42 bits per heavy atom. The maximum Gasteiger partial charge on any atom is 0.253 e. The van der Waals surface area contributed by atoms with E-state index in [1.165, 1.54) is 19.3 Å². The van der Waals surface area contributed by atoms with E-state index in [1.807, 2.05) is 35.4 Å². The van der Waals surface area contributed by atoms with E-state index in [-0.39, 0.29) is 17.7 Å². The predicted octanol–water partition coefficient (Wildman–Crippen LogP) is 3.20. The number of nitrogens with one attached hydrogen (secondary N) is 3. The molecule has 0 radical (unpaired) electrons. The van der Waals surface area contributed by atoms with Gasteiger partial charge in [0, 0.05) is 68.2 Å². The van der Waals surface area contributed by atoms with Crippen molar-refractivity contribution in [1.29, 1.82) is 0 Å². The maximum atomic E-state index is 12.8. The lowest BCUT2D eigenvalue weighted by Gasteiger charge is -2.32. The van der Waals surface area contributed by atoms with Crippen LogP contribution in [0.15, 0.2) is 30.5 Å². The Morgan fingerprint density at radius 1 is 1.00 bits per heavy atom. The molecular formula is C27H37N7O2. The quantitative estimate of drug-likeness (QED) is 0.439. The van der Waals surface area contributed by atoms with Crippen molar-refractivity contribution in [2.45, 2.75) is 44.4 Å². The molecule has 3 N–H and O–H groups in total. The van der Waals surface area contributed by atoms with Crippen molar-refractivity contribution < 1.29 is 9.59 Å². The van der Waals surface area contributed by atoms with Gasteiger partial charge in [0.25, 0.3) is 5.91 Å². The molecule has 9 nitrogen and oxygen atoms in total. The molecule has 0 unspecified atom stereocenters. The van der Waals surface area contributed by atoms with Crippen LogP contribution in [0.3, 0.4) is 0 Å². The lowest BCUT2D eigenvalue weighted by atomic mass is 9.85. The van der Waals surface area contributed by atoms with Gasteiger partial charge in [-0.05, 0) is 69.3 Å². The molecule has 3 fully saturated rings. The molecule has 2 heterocycles. The third-order valence-corrected chi connectivity index (χ3v) is 7.43. The Labute approximate surface area is 213 Å². The standard InChI is InChI=1S/C27H37N7O2/c1-33-14-16-34(17-15-33)26(36)21-8-10-22(11-9-21)31-27-30-18-23(19-6-7-19)24(32-27)28-12-3-13-29-25(35)20-4-2-5-20/h8-11,18-20H,2-7,12-17H2,1H3,(H,29,35)(H2,28,30,31,32). The van der Waals surface area contributed by atoms with Crippen molar-refractivity contribution in [3.63, 3.8) is 0 Å². The van der Waals surface area contributed by atoms with E-state index in [4.69, 9.17) is 4.98 Å². The molecule has 0 atom stereocenters. The van der Waals surface area contributed by atoms with Gasteiger partial charge < -0.3 is 25.8 Å². The van der Waals surface area contributed by atoms with E-state index >= 15 is 0 Å². The number of hydrogen-bond acceptors (Lipinski definition) is 7. The van der Waals surface area contributed by atoms with E-state index in [9.17, 15) is 9.59 Å². The largest absolute Gasteiger partial charge is 0.370 e. The summed E-state index contributed by atoms with van der Waals surface area (Å²) >= 11 is 0. The third kappa shape index (κ3) is 6.13. The molecule has 36 heavy (non-hydrogen) atoms. The van der Waals surface area contributed by atoms with Crippen molar-refractivity contribution in [3.8, 4) is 0 Å². The minimum Gasteiger partial charge on any atom is -0.370 e. The zero-order chi connectivity index (χ0) is 24.9. The third-order valence-electron chi connectivity index (χ3n) is 7.43. The van der Waals surface area contributed by atoms with Crippen LogP contribution >= 0.6 is 0 Å². The minimum absolute atomic E-state index is 0.0787. The molecule has 1 saturated heterocycles. The highest BCUT2D eigenvalue weighted by Crippen LogP contribution is 2.42. The number of anilines is 3. The molecule has 2 aromatic rings. The van der Waals surface area contributed by atoms with E-state index < -0.39 is 0 Å². The van der Waals surface area contributed by atoms with Crippen LogP contribution in [0, 0.1) is 5.92 Å². The number of carbonyl (C=O) groups excluding carboxylic acids is 2. The Hall–Kier alpha value is -3.20. The highest BCUT2D eigenvalue weighted by atomic mass is 16.2. The number of piperazine rings is 1. The number of nitrogens with zero attached hydrogens (tertiary/aromatic N) is 4. The van der Waals surface area contributed by atoms with Crippen LogP contribution in [0.4, 0.5) is 17.5 Å². The van der Waals surface area contributed by atoms with Gasteiger partial charge in [0.15, 0.2) is 0 Å². The molecule has 0 spiro atoms. The number of amides is 2. The molecule has 3 aliphatic rings. The summed E-state index contributed by atoms with van der Waals surface area (Å²) in [5.74, 6) is 2.42. The second-order valence-corrected chi connectivity index (χ2v) is 10.3. The number of likely N-dealkylation sites (N-methyl/N-ethyl adjacent to an activating group) is 1. The summed E-state index contributed by atoms with van der Waals surface area (Å²) < 4.78 is 0. The molecule has 1 aromatic carbocycles. The number of carbonyl (C=O) groups is 2. The van der Waals surface area contributed by atoms with E-state index in [0.717, 1.165) is 69.1 Å². The highest BCUT2D eigenvalue weighted by molar-refractivity contribution is 5.94. The first kappa shape index (κ1) is 24.5. The van der Waals surface area contributed by atoms with Crippen molar-refractivity contribution >= 4 is 29.3 Å². The number of benzene rings is 1. The van der Waals surface area contributed by atoms with Crippen LogP contribution in [0.2, 0.25) is 0 Å². The van der Waals surface area contributed by atoms with Crippen LogP contribution < -0.4 is 16.0 Å². The first-order valence-corrected chi connectivity index (χ1v) is 13.3. The van der Waals surface area contributed by atoms with Crippen LogP contribution in [-0.4, -0.2) is 77.9 Å². The number of aromatic nitrogens is 2. The number of rotatable bonds is 10. The van der Waals surface area contributed by atoms with Gasteiger partial charge in [-0.2, -0.15) is 4.98 Å². The summed E-state index contributed by atoms with van der Waals surface area (Å²) in [6.07, 6.45) is 8.33. The highest BCUT2D eigenvalue weighted by Gasteiger charge is 2.28. The summed E-state index contributed by atoms with van der Waals surface area (Å²) in [6.45, 7) is 4.76. The van der Waals surface area contributed by atoms with Gasteiger partial charge in [-0.15, -0.1) is 0 Å². The molecule has 2 saturated carbocycles. The summed E-state index contributed by atoms with van der Waals surface area (Å²) in [6, 6.07) is 7.52. The van der Waals surface area contributed by atoms with Gasteiger partial charge in [0.2, 0.25) is 11.9 Å². The monoisotopic (exact) mass is 491 g/mol. The fourth-order valence-electron chi connectivity index (χ4n) is 4.62.